The van der Waals surface area contributed by atoms with E-state index in [-0.39, 0.29) is 21.8 Å². The van der Waals surface area contributed by atoms with Gasteiger partial charge in [-0.1, -0.05) is 34.8 Å². The second kappa shape index (κ2) is 10.9. The number of rotatable bonds is 5. The average Bonchev–Trinajstić information content (AvgIpc) is 2.62. The van der Waals surface area contributed by atoms with E-state index in [4.69, 9.17) is 39.9 Å². The summed E-state index contributed by atoms with van der Waals surface area (Å²) in [5, 5.41) is 12.1. The molecule has 0 bridgehead atoms. The molecule has 0 fully saturated rings. The van der Waals surface area contributed by atoms with Crippen LogP contribution in [0.2, 0.25) is 15.1 Å². The monoisotopic (exact) mass is 439 g/mol. The first-order valence-electron chi connectivity index (χ1n) is 7.24. The molecule has 146 valence electrons. The Labute approximate surface area is 168 Å². The molecule has 0 radical (unpaired) electrons. The van der Waals surface area contributed by atoms with Crippen LogP contribution in [0.3, 0.4) is 0 Å². The average molecular weight is 441 g/mol. The lowest BCUT2D eigenvalue weighted by molar-refractivity contribution is 0.0600. The van der Waals surface area contributed by atoms with Gasteiger partial charge >= 0.3 is 11.9 Å². The summed E-state index contributed by atoms with van der Waals surface area (Å²) in [6.45, 7) is -0.595. The Kier molecular flexibility index (Phi) is 9.28. The first kappa shape index (κ1) is 23.0. The number of halogens is 5. The van der Waals surface area contributed by atoms with Crippen LogP contribution in [-0.4, -0.2) is 37.1 Å². The highest BCUT2D eigenvalue weighted by atomic mass is 35.5. The maximum atomic E-state index is 11.9. The molecule has 0 heterocycles. The molecule has 5 nitrogen and oxygen atoms in total. The molecular weight excluding hydrogens is 427 g/mol. The predicted molar refractivity (Wildman–Crippen MR) is 101 cm³/mol. The Morgan fingerprint density at radius 3 is 2.15 bits per heavy atom. The number of aromatic carboxylic acids is 1. The first-order chi connectivity index (χ1) is 12.6. The molecule has 0 aliphatic rings. The van der Waals surface area contributed by atoms with E-state index in [0.29, 0.717) is 10.0 Å². The van der Waals surface area contributed by atoms with Crippen molar-refractivity contribution in [3.05, 3.63) is 62.6 Å². The molecule has 2 N–H and O–H groups in total. The van der Waals surface area contributed by atoms with Crippen molar-refractivity contribution in [1.82, 2.24) is 0 Å². The summed E-state index contributed by atoms with van der Waals surface area (Å²) in [7, 11) is 1.29. The molecule has 0 saturated carbocycles. The summed E-state index contributed by atoms with van der Waals surface area (Å²) in [4.78, 5) is 21.8. The van der Waals surface area contributed by atoms with Crippen LogP contribution in [0.1, 0.15) is 20.7 Å². The number of alkyl halides is 2. The van der Waals surface area contributed by atoms with Crippen molar-refractivity contribution in [2.24, 2.45) is 0 Å². The molecule has 0 aliphatic carbocycles. The van der Waals surface area contributed by atoms with Crippen LogP contribution >= 0.6 is 34.8 Å². The van der Waals surface area contributed by atoms with Gasteiger partial charge in [0.25, 0.3) is 6.43 Å². The third-order valence-electron chi connectivity index (χ3n) is 2.99. The summed E-state index contributed by atoms with van der Waals surface area (Å²) >= 11 is 16.9. The zero-order chi connectivity index (χ0) is 20.6. The van der Waals surface area contributed by atoms with Crippen molar-refractivity contribution in [3.8, 4) is 0 Å². The fourth-order valence-electron chi connectivity index (χ4n) is 1.80. The Morgan fingerprint density at radius 2 is 1.63 bits per heavy atom. The van der Waals surface area contributed by atoms with E-state index < -0.39 is 24.9 Å². The molecule has 0 spiro atoms. The van der Waals surface area contributed by atoms with Gasteiger partial charge in [-0.2, -0.15) is 0 Å². The second-order valence-electron chi connectivity index (χ2n) is 4.88. The number of carbonyl (C=O) groups excluding carboxylic acids is 1. The van der Waals surface area contributed by atoms with E-state index in [9.17, 15) is 18.4 Å². The number of hydrogen-bond acceptors (Lipinski definition) is 4. The van der Waals surface area contributed by atoms with Crippen LogP contribution in [0.15, 0.2) is 36.4 Å². The van der Waals surface area contributed by atoms with Crippen molar-refractivity contribution in [2.75, 3.05) is 19.0 Å². The normalized spacial score (nSPS) is 10.0. The van der Waals surface area contributed by atoms with Crippen LogP contribution in [0, 0.1) is 0 Å². The van der Waals surface area contributed by atoms with Crippen molar-refractivity contribution in [3.63, 3.8) is 0 Å². The topological polar surface area (TPSA) is 75.6 Å². The predicted octanol–water partition coefficient (Wildman–Crippen LogP) is 5.50. The minimum Gasteiger partial charge on any atom is -0.478 e. The van der Waals surface area contributed by atoms with Gasteiger partial charge < -0.3 is 15.2 Å². The van der Waals surface area contributed by atoms with Gasteiger partial charge in [-0.15, -0.1) is 0 Å². The van der Waals surface area contributed by atoms with Crippen molar-refractivity contribution < 1.29 is 28.2 Å². The number of ether oxygens (including phenoxy) is 1. The molecule has 0 amide bonds. The quantitative estimate of drug-likeness (QED) is 0.601. The molecular formula is C17H14Cl3F2NO4. The number of carbonyl (C=O) groups is 2. The van der Waals surface area contributed by atoms with E-state index >= 15 is 0 Å². The van der Waals surface area contributed by atoms with Gasteiger partial charge in [-0.05, 0) is 36.4 Å². The van der Waals surface area contributed by atoms with Crippen molar-refractivity contribution >= 4 is 52.4 Å². The van der Waals surface area contributed by atoms with Crippen LogP contribution in [0.5, 0.6) is 0 Å². The number of carboxylic acids is 1. The van der Waals surface area contributed by atoms with E-state index in [2.05, 4.69) is 10.1 Å². The second-order valence-corrected chi connectivity index (χ2v) is 6.16. The standard InChI is InChI=1S/C9H8ClF2NO2.C8H6Cl2O2/c10-5-1-2-7(13-4-8(11)12)6(3-5)9(14)15;1-12-8(11)6-4-5(9)2-3-7(6)10/h1-3,8,13H,4H2,(H,14,15);2-4H,1H3. The molecule has 27 heavy (non-hydrogen) atoms. The highest BCUT2D eigenvalue weighted by Gasteiger charge is 2.12. The summed E-state index contributed by atoms with van der Waals surface area (Å²) in [6.07, 6.45) is -2.54. The van der Waals surface area contributed by atoms with Gasteiger partial charge in [-0.3, -0.25) is 0 Å². The van der Waals surface area contributed by atoms with E-state index in [1.54, 1.807) is 12.1 Å². The maximum absolute atomic E-state index is 11.9. The Balaban J connectivity index is 0.000000277. The Bertz CT molecular complexity index is 819. The van der Waals surface area contributed by atoms with E-state index in [0.717, 1.165) is 0 Å². The van der Waals surface area contributed by atoms with E-state index in [1.165, 1.54) is 31.4 Å². The highest BCUT2D eigenvalue weighted by Crippen LogP contribution is 2.21. The SMILES string of the molecule is COC(=O)c1cc(Cl)ccc1Cl.O=C(O)c1cc(Cl)ccc1NCC(F)F. The van der Waals surface area contributed by atoms with Crippen molar-refractivity contribution in [2.45, 2.75) is 6.43 Å². The van der Waals surface area contributed by atoms with Gasteiger partial charge in [0, 0.05) is 15.7 Å². The lowest BCUT2D eigenvalue weighted by atomic mass is 10.2. The van der Waals surface area contributed by atoms with Gasteiger partial charge in [0.15, 0.2) is 0 Å². The molecule has 2 aromatic rings. The fourth-order valence-corrected chi connectivity index (χ4v) is 2.34. The van der Waals surface area contributed by atoms with Gasteiger partial charge in [0.2, 0.25) is 0 Å². The molecule has 10 heteroatoms. The molecule has 2 aromatic carbocycles. The van der Waals surface area contributed by atoms with E-state index in [1.807, 2.05) is 0 Å². The summed E-state index contributed by atoms with van der Waals surface area (Å²) in [6, 6.07) is 8.62. The lowest BCUT2D eigenvalue weighted by Crippen LogP contribution is -2.13. The molecule has 0 unspecified atom stereocenters. The minimum absolute atomic E-state index is 0.122. The zero-order valence-electron chi connectivity index (χ0n) is 13.8. The summed E-state index contributed by atoms with van der Waals surface area (Å²) in [5.41, 5.74) is 0.294. The molecule has 0 atom stereocenters. The first-order valence-corrected chi connectivity index (χ1v) is 8.37. The van der Waals surface area contributed by atoms with Gasteiger partial charge in [0.1, 0.15) is 0 Å². The summed E-state index contributed by atoms with van der Waals surface area (Å²) < 4.78 is 28.3. The third kappa shape index (κ3) is 7.58. The highest BCUT2D eigenvalue weighted by molar-refractivity contribution is 6.35. The largest absolute Gasteiger partial charge is 0.478 e. The number of esters is 1. The molecule has 0 aliphatic heterocycles. The Hall–Kier alpha value is -2.09. The molecule has 0 aromatic heterocycles. The number of benzene rings is 2. The van der Waals surface area contributed by atoms with Crippen LogP contribution in [0.4, 0.5) is 14.5 Å². The van der Waals surface area contributed by atoms with Gasteiger partial charge in [0.05, 0.1) is 29.8 Å². The molecule has 2 rings (SSSR count). The zero-order valence-corrected chi connectivity index (χ0v) is 16.1. The van der Waals surface area contributed by atoms with Crippen LogP contribution < -0.4 is 5.32 Å². The van der Waals surface area contributed by atoms with Gasteiger partial charge in [-0.25, -0.2) is 18.4 Å². The number of carboxylic acid groups (broad SMARTS) is 1. The van der Waals surface area contributed by atoms with Crippen LogP contribution in [-0.2, 0) is 4.74 Å². The summed E-state index contributed by atoms with van der Waals surface area (Å²) in [5.74, 6) is -1.70. The van der Waals surface area contributed by atoms with Crippen LogP contribution in [0.25, 0.3) is 0 Å². The third-order valence-corrected chi connectivity index (χ3v) is 3.79. The fraction of sp³-hybridized carbons (Fsp3) is 0.176. The number of methoxy groups -OCH3 is 1. The number of hydrogen-bond donors (Lipinski definition) is 2. The number of anilines is 1. The molecule has 0 saturated heterocycles. The smallest absolute Gasteiger partial charge is 0.339 e. The lowest BCUT2D eigenvalue weighted by Gasteiger charge is -2.08. The number of nitrogens with one attached hydrogen (secondary N) is 1. The minimum atomic E-state index is -2.54. The Morgan fingerprint density at radius 1 is 1.07 bits per heavy atom. The maximum Gasteiger partial charge on any atom is 0.339 e. The van der Waals surface area contributed by atoms with Crippen molar-refractivity contribution in [1.29, 1.82) is 0 Å².